The highest BCUT2D eigenvalue weighted by molar-refractivity contribution is 5.81. The summed E-state index contributed by atoms with van der Waals surface area (Å²) in [5, 5.41) is 0. The molecular formula is C6H7NO3. The van der Waals surface area contributed by atoms with Gasteiger partial charge in [0.25, 0.3) is 0 Å². The fourth-order valence-corrected chi connectivity index (χ4v) is 0.307. The molecule has 0 unspecified atom stereocenters. The van der Waals surface area contributed by atoms with E-state index in [4.69, 9.17) is 0 Å². The Labute approximate surface area is 58.2 Å². The molecule has 54 valence electrons. The second kappa shape index (κ2) is 5.72. The Morgan fingerprint density at radius 1 is 1.80 bits per heavy atom. The maximum Gasteiger partial charge on any atom is 0.330 e. The van der Waals surface area contributed by atoms with Crippen molar-refractivity contribution in [2.45, 2.75) is 0 Å². The normalized spacial score (nSPS) is 8.90. The number of carbonyl (C=O) groups is 1. The predicted octanol–water partition coefficient (Wildman–Crippen LogP) is 0.0514. The standard InChI is InChI=1S/C6H7NO3/c1-10-6(9)3-2-4-7-5-8/h2-3H,4H2,1H3. The van der Waals surface area contributed by atoms with E-state index in [-0.39, 0.29) is 6.54 Å². The number of hydrogen-bond acceptors (Lipinski definition) is 4. The molecular weight excluding hydrogens is 134 g/mol. The van der Waals surface area contributed by atoms with Gasteiger partial charge in [0.1, 0.15) is 0 Å². The lowest BCUT2D eigenvalue weighted by molar-refractivity contribution is -0.134. The van der Waals surface area contributed by atoms with Crippen molar-refractivity contribution in [3.63, 3.8) is 0 Å². The largest absolute Gasteiger partial charge is 0.466 e. The van der Waals surface area contributed by atoms with Crippen molar-refractivity contribution in [3.8, 4) is 0 Å². The molecule has 0 aliphatic carbocycles. The molecule has 0 rings (SSSR count). The van der Waals surface area contributed by atoms with Crippen LogP contribution in [0.15, 0.2) is 17.1 Å². The molecule has 0 saturated carbocycles. The minimum atomic E-state index is -0.457. The van der Waals surface area contributed by atoms with Gasteiger partial charge in [-0.2, -0.15) is 0 Å². The van der Waals surface area contributed by atoms with Gasteiger partial charge in [-0.3, -0.25) is 0 Å². The molecule has 0 bridgehead atoms. The number of aliphatic imine (C=N–C) groups is 1. The lowest BCUT2D eigenvalue weighted by atomic mass is 10.5. The highest BCUT2D eigenvalue weighted by Gasteiger charge is 1.86. The van der Waals surface area contributed by atoms with E-state index in [0.717, 1.165) is 0 Å². The Bertz CT molecular complexity index is 179. The second-order valence-electron chi connectivity index (χ2n) is 1.36. The van der Waals surface area contributed by atoms with Gasteiger partial charge in [-0.1, -0.05) is 6.08 Å². The quantitative estimate of drug-likeness (QED) is 0.241. The van der Waals surface area contributed by atoms with E-state index in [1.807, 2.05) is 0 Å². The lowest BCUT2D eigenvalue weighted by Gasteiger charge is -1.86. The maximum absolute atomic E-state index is 10.3. The first-order valence-corrected chi connectivity index (χ1v) is 2.59. The molecule has 0 aromatic rings. The minimum Gasteiger partial charge on any atom is -0.466 e. The van der Waals surface area contributed by atoms with Crippen molar-refractivity contribution in [2.24, 2.45) is 4.99 Å². The first kappa shape index (κ1) is 8.59. The summed E-state index contributed by atoms with van der Waals surface area (Å²) < 4.78 is 4.26. The van der Waals surface area contributed by atoms with Crippen LogP contribution < -0.4 is 0 Å². The van der Waals surface area contributed by atoms with Gasteiger partial charge < -0.3 is 4.74 Å². The summed E-state index contributed by atoms with van der Waals surface area (Å²) in [7, 11) is 1.27. The van der Waals surface area contributed by atoms with Crippen LogP contribution in [0.1, 0.15) is 0 Å². The number of carbonyl (C=O) groups excluding carboxylic acids is 2. The van der Waals surface area contributed by atoms with Crippen LogP contribution in [0, 0.1) is 0 Å². The summed E-state index contributed by atoms with van der Waals surface area (Å²) in [6.07, 6.45) is 3.94. The summed E-state index contributed by atoms with van der Waals surface area (Å²) in [4.78, 5) is 23.0. The van der Waals surface area contributed by atoms with Crippen LogP contribution in [0.4, 0.5) is 0 Å². The zero-order valence-corrected chi connectivity index (χ0v) is 5.53. The molecule has 4 nitrogen and oxygen atoms in total. The average Bonchev–Trinajstić information content (AvgIpc) is 1.98. The number of methoxy groups -OCH3 is 1. The number of nitrogens with zero attached hydrogens (tertiary/aromatic N) is 1. The predicted molar refractivity (Wildman–Crippen MR) is 34.1 cm³/mol. The highest BCUT2D eigenvalue weighted by Crippen LogP contribution is 1.77. The van der Waals surface area contributed by atoms with Crippen molar-refractivity contribution < 1.29 is 14.3 Å². The molecule has 0 amide bonds. The molecule has 0 fully saturated rings. The van der Waals surface area contributed by atoms with Gasteiger partial charge >= 0.3 is 5.97 Å². The molecule has 0 N–H and O–H groups in total. The second-order valence-corrected chi connectivity index (χ2v) is 1.36. The van der Waals surface area contributed by atoms with Crippen LogP contribution in [0.5, 0.6) is 0 Å². The van der Waals surface area contributed by atoms with Gasteiger partial charge in [-0.25, -0.2) is 14.6 Å². The van der Waals surface area contributed by atoms with E-state index < -0.39 is 5.97 Å². The van der Waals surface area contributed by atoms with Crippen LogP contribution in [0.2, 0.25) is 0 Å². The Morgan fingerprint density at radius 3 is 3.00 bits per heavy atom. The van der Waals surface area contributed by atoms with Gasteiger partial charge in [-0.15, -0.1) is 0 Å². The molecule has 0 spiro atoms. The molecule has 0 aromatic carbocycles. The molecule has 10 heavy (non-hydrogen) atoms. The fourth-order valence-electron chi connectivity index (χ4n) is 0.307. The SMILES string of the molecule is COC(=O)C=CCN=C=O. The highest BCUT2D eigenvalue weighted by atomic mass is 16.5. The van der Waals surface area contributed by atoms with Gasteiger partial charge in [0.15, 0.2) is 0 Å². The van der Waals surface area contributed by atoms with Crippen LogP contribution >= 0.6 is 0 Å². The minimum absolute atomic E-state index is 0.165. The Balaban J connectivity index is 3.55. The summed E-state index contributed by atoms with van der Waals surface area (Å²) in [6, 6.07) is 0. The lowest BCUT2D eigenvalue weighted by Crippen LogP contribution is -1.93. The van der Waals surface area contributed by atoms with E-state index >= 15 is 0 Å². The third-order valence-corrected chi connectivity index (χ3v) is 0.716. The summed E-state index contributed by atoms with van der Waals surface area (Å²) in [5.74, 6) is -0.457. The molecule has 0 aromatic heterocycles. The van der Waals surface area contributed by atoms with Crippen molar-refractivity contribution in [2.75, 3.05) is 13.7 Å². The smallest absolute Gasteiger partial charge is 0.330 e. The summed E-state index contributed by atoms with van der Waals surface area (Å²) >= 11 is 0. The molecule has 0 saturated heterocycles. The van der Waals surface area contributed by atoms with Crippen molar-refractivity contribution in [3.05, 3.63) is 12.2 Å². The molecule has 0 aliphatic heterocycles. The van der Waals surface area contributed by atoms with Crippen LogP contribution in [0.3, 0.4) is 0 Å². The number of hydrogen-bond donors (Lipinski definition) is 0. The van der Waals surface area contributed by atoms with Gasteiger partial charge in [0.05, 0.1) is 13.7 Å². The molecule has 0 heterocycles. The van der Waals surface area contributed by atoms with Crippen LogP contribution in [-0.2, 0) is 14.3 Å². The van der Waals surface area contributed by atoms with E-state index in [1.165, 1.54) is 25.3 Å². The number of esters is 1. The summed E-state index contributed by atoms with van der Waals surface area (Å²) in [6.45, 7) is 0.165. The Kier molecular flexibility index (Phi) is 4.91. The third-order valence-electron chi connectivity index (χ3n) is 0.716. The first-order chi connectivity index (χ1) is 4.81. The molecule has 0 atom stereocenters. The number of ether oxygens (including phenoxy) is 1. The van der Waals surface area contributed by atoms with Gasteiger partial charge in [0, 0.05) is 6.08 Å². The average molecular weight is 141 g/mol. The monoisotopic (exact) mass is 141 g/mol. The van der Waals surface area contributed by atoms with E-state index in [0.29, 0.717) is 0 Å². The first-order valence-electron chi connectivity index (χ1n) is 2.59. The summed E-state index contributed by atoms with van der Waals surface area (Å²) in [5.41, 5.74) is 0. The van der Waals surface area contributed by atoms with Crippen molar-refractivity contribution in [1.82, 2.24) is 0 Å². The molecule has 0 radical (unpaired) electrons. The van der Waals surface area contributed by atoms with Crippen molar-refractivity contribution in [1.29, 1.82) is 0 Å². The number of rotatable bonds is 3. The van der Waals surface area contributed by atoms with Crippen molar-refractivity contribution >= 4 is 12.0 Å². The van der Waals surface area contributed by atoms with Gasteiger partial charge in [0.2, 0.25) is 6.08 Å². The zero-order chi connectivity index (χ0) is 7.82. The zero-order valence-electron chi connectivity index (χ0n) is 5.53. The Hall–Kier alpha value is -1.41. The van der Waals surface area contributed by atoms with Crippen LogP contribution in [0.25, 0.3) is 0 Å². The van der Waals surface area contributed by atoms with E-state index in [2.05, 4.69) is 9.73 Å². The Morgan fingerprint density at radius 2 is 2.50 bits per heavy atom. The fraction of sp³-hybridized carbons (Fsp3) is 0.333. The molecule has 0 aliphatic rings. The third kappa shape index (κ3) is 4.74. The molecule has 4 heteroatoms. The number of isocyanates is 1. The topological polar surface area (TPSA) is 55.7 Å². The maximum atomic E-state index is 10.3. The van der Waals surface area contributed by atoms with Crippen LogP contribution in [-0.4, -0.2) is 25.7 Å². The van der Waals surface area contributed by atoms with Gasteiger partial charge in [-0.05, 0) is 0 Å². The van der Waals surface area contributed by atoms with E-state index in [1.54, 1.807) is 0 Å². The van der Waals surface area contributed by atoms with E-state index in [9.17, 15) is 9.59 Å².